The van der Waals surface area contributed by atoms with Crippen LogP contribution in [-0.2, 0) is 4.79 Å². The predicted molar refractivity (Wildman–Crippen MR) is 43.5 cm³/mol. The molecule has 1 rings (SSSR count). The van der Waals surface area contributed by atoms with E-state index in [2.05, 4.69) is 12.8 Å². The summed E-state index contributed by atoms with van der Waals surface area (Å²) in [7, 11) is 2.09. The van der Waals surface area contributed by atoms with Gasteiger partial charge in [-0.1, -0.05) is 6.42 Å². The van der Waals surface area contributed by atoms with Crippen molar-refractivity contribution in [1.29, 1.82) is 0 Å². The molecule has 1 aliphatic rings. The van der Waals surface area contributed by atoms with Crippen molar-refractivity contribution in [2.75, 3.05) is 13.1 Å². The lowest BCUT2D eigenvalue weighted by molar-refractivity contribution is -0.111. The van der Waals surface area contributed by atoms with Gasteiger partial charge in [0.1, 0.15) is 6.29 Å². The molecule has 2 nitrogen and oxygen atoms in total. The number of nitrogens with zero attached hydrogens (tertiary/aromatic N) is 1. The molecule has 0 radical (unpaired) electrons. The van der Waals surface area contributed by atoms with Gasteiger partial charge in [0.15, 0.2) is 7.98 Å². The zero-order chi connectivity index (χ0) is 7.40. The summed E-state index contributed by atoms with van der Waals surface area (Å²) < 4.78 is 0. The molecule has 0 aliphatic carbocycles. The van der Waals surface area contributed by atoms with Crippen LogP contribution in [-0.4, -0.2) is 32.2 Å². The van der Waals surface area contributed by atoms with Crippen LogP contribution in [0.1, 0.15) is 19.3 Å². The summed E-state index contributed by atoms with van der Waals surface area (Å²) in [4.78, 5) is 12.7. The van der Waals surface area contributed by atoms with E-state index in [0.717, 1.165) is 25.8 Å². The van der Waals surface area contributed by atoms with Gasteiger partial charge in [-0.3, -0.25) is 0 Å². The van der Waals surface area contributed by atoms with Crippen LogP contribution >= 0.6 is 0 Å². The smallest absolute Gasteiger partial charge is 0.185 e. The highest BCUT2D eigenvalue weighted by molar-refractivity contribution is 6.04. The lowest BCUT2D eigenvalue weighted by Gasteiger charge is -2.14. The third-order valence-electron chi connectivity index (χ3n) is 2.10. The molecule has 56 valence electrons. The van der Waals surface area contributed by atoms with Gasteiger partial charge in [-0.05, 0) is 25.9 Å². The van der Waals surface area contributed by atoms with E-state index in [1.165, 1.54) is 12.8 Å². The van der Waals surface area contributed by atoms with Gasteiger partial charge in [-0.2, -0.15) is 0 Å². The Labute approximate surface area is 63.0 Å². The third-order valence-corrected chi connectivity index (χ3v) is 2.10. The van der Waals surface area contributed by atoms with Gasteiger partial charge in [-0.25, -0.2) is 0 Å². The monoisotopic (exact) mass is 139 g/mol. The van der Waals surface area contributed by atoms with Crippen LogP contribution in [0.5, 0.6) is 0 Å². The average molecular weight is 139 g/mol. The molecule has 0 aromatic carbocycles. The first kappa shape index (κ1) is 7.80. The summed E-state index contributed by atoms with van der Waals surface area (Å²) in [6.07, 6.45) is 4.66. The fourth-order valence-corrected chi connectivity index (χ4v) is 1.48. The molecule has 0 N–H and O–H groups in total. The molecule has 10 heavy (non-hydrogen) atoms. The molecule has 0 amide bonds. The molecule has 1 saturated heterocycles. The maximum Gasteiger partial charge on any atom is 0.185 e. The molecule has 1 atom stereocenters. The normalized spacial score (nSPS) is 29.4. The van der Waals surface area contributed by atoms with Crippen molar-refractivity contribution in [2.24, 2.45) is 5.92 Å². The van der Waals surface area contributed by atoms with E-state index in [1.54, 1.807) is 0 Å². The first-order valence-electron chi connectivity index (χ1n) is 3.97. The molecule has 0 aromatic heterocycles. The van der Waals surface area contributed by atoms with Crippen molar-refractivity contribution in [2.45, 2.75) is 19.3 Å². The SMILES string of the molecule is BN1CCCCC(C=O)C1. The zero-order valence-corrected chi connectivity index (χ0v) is 6.55. The van der Waals surface area contributed by atoms with Gasteiger partial charge < -0.3 is 9.61 Å². The van der Waals surface area contributed by atoms with E-state index < -0.39 is 0 Å². The predicted octanol–water partition coefficient (Wildman–Crippen LogP) is -0.165. The Kier molecular flexibility index (Phi) is 2.94. The van der Waals surface area contributed by atoms with Crippen LogP contribution in [0.2, 0.25) is 0 Å². The molecular weight excluding hydrogens is 125 g/mol. The summed E-state index contributed by atoms with van der Waals surface area (Å²) >= 11 is 0. The average Bonchev–Trinajstić information content (AvgIpc) is 2.13. The minimum Gasteiger partial charge on any atom is -0.348 e. The maximum atomic E-state index is 10.4. The van der Waals surface area contributed by atoms with Crippen molar-refractivity contribution >= 4 is 14.3 Å². The minimum atomic E-state index is 0.299. The fraction of sp³-hybridized carbons (Fsp3) is 0.857. The highest BCUT2D eigenvalue weighted by atomic mass is 16.1. The lowest BCUT2D eigenvalue weighted by Crippen LogP contribution is -2.25. The summed E-state index contributed by atoms with van der Waals surface area (Å²) in [6.45, 7) is 2.12. The highest BCUT2D eigenvalue weighted by Gasteiger charge is 2.13. The van der Waals surface area contributed by atoms with Crippen LogP contribution in [0, 0.1) is 5.92 Å². The lowest BCUT2D eigenvalue weighted by atomic mass is 10.1. The minimum absolute atomic E-state index is 0.299. The van der Waals surface area contributed by atoms with Crippen LogP contribution in [0.3, 0.4) is 0 Å². The van der Waals surface area contributed by atoms with Crippen LogP contribution in [0.4, 0.5) is 0 Å². The Morgan fingerprint density at radius 3 is 3.00 bits per heavy atom. The Morgan fingerprint density at radius 2 is 2.30 bits per heavy atom. The zero-order valence-electron chi connectivity index (χ0n) is 6.55. The van der Waals surface area contributed by atoms with Gasteiger partial charge >= 0.3 is 0 Å². The summed E-state index contributed by atoms with van der Waals surface area (Å²) in [6, 6.07) is 0. The Bertz CT molecular complexity index is 118. The number of carbonyl (C=O) groups is 1. The van der Waals surface area contributed by atoms with E-state index >= 15 is 0 Å². The van der Waals surface area contributed by atoms with Crippen molar-refractivity contribution < 1.29 is 4.79 Å². The highest BCUT2D eigenvalue weighted by Crippen LogP contribution is 2.12. The molecule has 1 fully saturated rings. The standard InChI is InChI=1S/C7H14BNO/c8-9-4-2-1-3-7(5-9)6-10/h6-7H,1-5,8H2. The number of rotatable bonds is 1. The van der Waals surface area contributed by atoms with Crippen molar-refractivity contribution in [3.63, 3.8) is 0 Å². The van der Waals surface area contributed by atoms with Crippen LogP contribution in [0.15, 0.2) is 0 Å². The van der Waals surface area contributed by atoms with Gasteiger partial charge in [0.05, 0.1) is 0 Å². The first-order chi connectivity index (χ1) is 4.83. The molecule has 1 heterocycles. The largest absolute Gasteiger partial charge is 0.348 e. The Balaban J connectivity index is 2.37. The second kappa shape index (κ2) is 3.76. The van der Waals surface area contributed by atoms with Crippen molar-refractivity contribution in [3.8, 4) is 0 Å². The quantitative estimate of drug-likeness (QED) is 0.371. The number of hydrogen-bond donors (Lipinski definition) is 0. The molecule has 0 bridgehead atoms. The fourth-order valence-electron chi connectivity index (χ4n) is 1.48. The molecule has 0 saturated carbocycles. The second-order valence-electron chi connectivity index (χ2n) is 3.15. The molecule has 0 spiro atoms. The number of aldehydes is 1. The van der Waals surface area contributed by atoms with Gasteiger partial charge in [0.2, 0.25) is 0 Å². The van der Waals surface area contributed by atoms with E-state index in [0.29, 0.717) is 5.92 Å². The molecule has 1 unspecified atom stereocenters. The van der Waals surface area contributed by atoms with E-state index in [9.17, 15) is 4.79 Å². The topological polar surface area (TPSA) is 20.3 Å². The Morgan fingerprint density at radius 1 is 1.50 bits per heavy atom. The first-order valence-corrected chi connectivity index (χ1v) is 3.97. The number of carbonyl (C=O) groups excluding carboxylic acids is 1. The summed E-state index contributed by atoms with van der Waals surface area (Å²) in [5.41, 5.74) is 0. The van der Waals surface area contributed by atoms with Gasteiger partial charge in [-0.15, -0.1) is 0 Å². The van der Waals surface area contributed by atoms with E-state index in [1.807, 2.05) is 0 Å². The second-order valence-corrected chi connectivity index (χ2v) is 3.15. The molecule has 1 aliphatic heterocycles. The summed E-state index contributed by atoms with van der Waals surface area (Å²) in [5, 5.41) is 0. The Hall–Kier alpha value is -0.305. The van der Waals surface area contributed by atoms with Gasteiger partial charge in [0, 0.05) is 5.92 Å². The third kappa shape index (κ3) is 2.14. The molecule has 0 aromatic rings. The van der Waals surface area contributed by atoms with Gasteiger partial charge in [0.25, 0.3) is 0 Å². The van der Waals surface area contributed by atoms with Crippen molar-refractivity contribution in [1.82, 2.24) is 4.81 Å². The van der Waals surface area contributed by atoms with Crippen LogP contribution < -0.4 is 0 Å². The van der Waals surface area contributed by atoms with Crippen LogP contribution in [0.25, 0.3) is 0 Å². The molecular formula is C7H14BNO. The number of hydrogen-bond acceptors (Lipinski definition) is 2. The van der Waals surface area contributed by atoms with E-state index in [-0.39, 0.29) is 0 Å². The summed E-state index contributed by atoms with van der Waals surface area (Å²) in [5.74, 6) is 0.299. The maximum absolute atomic E-state index is 10.4. The van der Waals surface area contributed by atoms with Crippen molar-refractivity contribution in [3.05, 3.63) is 0 Å². The van der Waals surface area contributed by atoms with E-state index in [4.69, 9.17) is 0 Å². The molecule has 3 heteroatoms.